The molecule has 2 aromatic heterocycles. The zero-order valence-corrected chi connectivity index (χ0v) is 31.2. The molecule has 0 amide bonds. The predicted molar refractivity (Wildman–Crippen MR) is 210 cm³/mol. The van der Waals surface area contributed by atoms with Crippen LogP contribution in [0.4, 0.5) is 0 Å². The summed E-state index contributed by atoms with van der Waals surface area (Å²) >= 11 is 0. The van der Waals surface area contributed by atoms with Gasteiger partial charge in [-0.25, -0.2) is 0 Å². The van der Waals surface area contributed by atoms with Crippen LogP contribution in [-0.4, -0.2) is 122 Å². The average molecular weight is 747 g/mol. The first kappa shape index (κ1) is 42.4. The second kappa shape index (κ2) is 22.1. The minimum Gasteiger partial charge on any atom is -0.490 e. The highest BCUT2D eigenvalue weighted by Crippen LogP contribution is 2.26. The Balaban J connectivity index is 0.000000196. The standard InChI is InChI=1S/C20H26N2O4.C12H11NO2.C9H17NO2.CH4/c1-2-25-20(24)15-8-11-22(12-9-15)13-16(23)14-26-19-7-3-6-18-17(19)5-4-10-21-18;1-4-11-10(3-2-6-13-11)12(5-1)15-8-9-7-14-9;1-3-12-9(11)8-4-6-10(2)7-5-8;/h3-7,10,15-16,23H,2,8-9,11-14H2,1H3;1-6,9H,7-8H2;8H,3-7H2,1-2H3;1H4/t16-;9-;;/m11../s1. The highest BCUT2D eigenvalue weighted by Gasteiger charge is 2.27. The van der Waals surface area contributed by atoms with Crippen LogP contribution in [0.1, 0.15) is 47.0 Å². The number of rotatable bonds is 12. The van der Waals surface area contributed by atoms with Crippen molar-refractivity contribution in [2.45, 2.75) is 59.2 Å². The van der Waals surface area contributed by atoms with Crippen molar-refractivity contribution in [1.82, 2.24) is 19.8 Å². The van der Waals surface area contributed by atoms with Crippen molar-refractivity contribution in [1.29, 1.82) is 0 Å². The molecule has 1 N–H and O–H groups in total. The van der Waals surface area contributed by atoms with Crippen LogP contribution in [0.25, 0.3) is 21.8 Å². The molecule has 294 valence electrons. The van der Waals surface area contributed by atoms with E-state index in [1.165, 1.54) is 0 Å². The maximum atomic E-state index is 11.8. The third-order valence-corrected chi connectivity index (χ3v) is 9.48. The van der Waals surface area contributed by atoms with Gasteiger partial charge in [-0.1, -0.05) is 19.6 Å². The molecule has 5 heterocycles. The van der Waals surface area contributed by atoms with E-state index >= 15 is 0 Å². The van der Waals surface area contributed by atoms with E-state index in [1.807, 2.05) is 74.5 Å². The zero-order chi connectivity index (χ0) is 37.4. The van der Waals surface area contributed by atoms with Crippen LogP contribution >= 0.6 is 0 Å². The van der Waals surface area contributed by atoms with E-state index < -0.39 is 6.10 Å². The number of likely N-dealkylation sites (tertiary alicyclic amines) is 2. The van der Waals surface area contributed by atoms with E-state index in [0.717, 1.165) is 91.8 Å². The number of carbonyl (C=O) groups excluding carboxylic acids is 2. The van der Waals surface area contributed by atoms with Gasteiger partial charge in [0.25, 0.3) is 0 Å². The molecule has 3 saturated heterocycles. The van der Waals surface area contributed by atoms with Gasteiger partial charge in [0, 0.05) is 29.7 Å². The number of aliphatic hydroxyl groups is 1. The van der Waals surface area contributed by atoms with E-state index in [-0.39, 0.29) is 43.9 Å². The Hall–Kier alpha value is -4.36. The van der Waals surface area contributed by atoms with Gasteiger partial charge in [-0.15, -0.1) is 0 Å². The lowest BCUT2D eigenvalue weighted by Crippen LogP contribution is -2.42. The lowest BCUT2D eigenvalue weighted by Gasteiger charge is -2.32. The number of esters is 2. The molecule has 0 spiro atoms. The highest BCUT2D eigenvalue weighted by atomic mass is 16.6. The number of hydrogen-bond acceptors (Lipinski definition) is 12. The number of carbonyl (C=O) groups is 2. The van der Waals surface area contributed by atoms with Crippen molar-refractivity contribution in [2.24, 2.45) is 11.8 Å². The van der Waals surface area contributed by atoms with Crippen LogP contribution in [0, 0.1) is 11.8 Å². The lowest BCUT2D eigenvalue weighted by molar-refractivity contribution is -0.150. The van der Waals surface area contributed by atoms with Gasteiger partial charge in [0.05, 0.1) is 42.7 Å². The normalized spacial score (nSPS) is 18.2. The molecule has 7 rings (SSSR count). The molecule has 2 aromatic carbocycles. The Kier molecular flexibility index (Phi) is 17.4. The number of aromatic nitrogens is 2. The van der Waals surface area contributed by atoms with Gasteiger partial charge >= 0.3 is 11.9 Å². The van der Waals surface area contributed by atoms with Crippen LogP contribution < -0.4 is 9.47 Å². The van der Waals surface area contributed by atoms with Crippen LogP contribution in [-0.2, 0) is 23.8 Å². The van der Waals surface area contributed by atoms with Crippen LogP contribution in [0.2, 0.25) is 0 Å². The Morgan fingerprint density at radius 2 is 1.28 bits per heavy atom. The highest BCUT2D eigenvalue weighted by molar-refractivity contribution is 5.85. The van der Waals surface area contributed by atoms with Crippen molar-refractivity contribution >= 4 is 33.7 Å². The number of hydrogen-bond donors (Lipinski definition) is 1. The van der Waals surface area contributed by atoms with Crippen LogP contribution in [0.3, 0.4) is 0 Å². The van der Waals surface area contributed by atoms with Gasteiger partial charge in [-0.05, 0) is 121 Å². The Morgan fingerprint density at radius 1 is 0.778 bits per heavy atom. The third-order valence-electron chi connectivity index (χ3n) is 9.48. The molecule has 0 unspecified atom stereocenters. The summed E-state index contributed by atoms with van der Waals surface area (Å²) in [5.41, 5.74) is 1.84. The SMILES string of the molecule is C.CCOC(=O)C1CCN(C)CC1.CCOC(=O)C1CCN(C[C@@H](O)COc2cccc3ncccc23)CC1.c1cc(OC[C@H]2CO2)c2cccnc2c1. The number of epoxide rings is 1. The molecule has 0 saturated carbocycles. The molecule has 54 heavy (non-hydrogen) atoms. The van der Waals surface area contributed by atoms with Crippen molar-refractivity contribution < 1.29 is 38.4 Å². The summed E-state index contributed by atoms with van der Waals surface area (Å²) in [7, 11) is 2.08. The van der Waals surface area contributed by atoms with E-state index in [1.54, 1.807) is 12.4 Å². The molecule has 12 heteroatoms. The molecule has 3 aliphatic rings. The van der Waals surface area contributed by atoms with Gasteiger partial charge in [-0.2, -0.15) is 0 Å². The minimum atomic E-state index is -0.582. The molecular formula is C42H58N4O8. The quantitative estimate of drug-likeness (QED) is 0.139. The predicted octanol–water partition coefficient (Wildman–Crippen LogP) is 5.79. The maximum Gasteiger partial charge on any atom is 0.309 e. The summed E-state index contributed by atoms with van der Waals surface area (Å²) in [5.74, 6) is 1.65. The topological polar surface area (TPSA) is 136 Å². The summed E-state index contributed by atoms with van der Waals surface area (Å²) in [6.07, 6.45) is 6.71. The molecule has 4 aromatic rings. The molecule has 12 nitrogen and oxygen atoms in total. The smallest absolute Gasteiger partial charge is 0.309 e. The van der Waals surface area contributed by atoms with Crippen molar-refractivity contribution in [2.75, 3.05) is 72.8 Å². The lowest BCUT2D eigenvalue weighted by atomic mass is 9.97. The minimum absolute atomic E-state index is 0. The van der Waals surface area contributed by atoms with Crippen molar-refractivity contribution in [3.05, 3.63) is 73.1 Å². The number of pyridine rings is 2. The summed E-state index contributed by atoms with van der Waals surface area (Å²) in [4.78, 5) is 36.0. The maximum absolute atomic E-state index is 11.8. The second-order valence-electron chi connectivity index (χ2n) is 13.5. The van der Waals surface area contributed by atoms with Gasteiger partial charge < -0.3 is 38.6 Å². The Bertz CT molecular complexity index is 1710. The molecule has 0 aliphatic carbocycles. The largest absolute Gasteiger partial charge is 0.490 e. The molecule has 3 aliphatic heterocycles. The van der Waals surface area contributed by atoms with Crippen molar-refractivity contribution in [3.63, 3.8) is 0 Å². The molecule has 3 fully saturated rings. The fraction of sp³-hybridized carbons (Fsp3) is 0.524. The van der Waals surface area contributed by atoms with Crippen LogP contribution in [0.15, 0.2) is 73.1 Å². The first-order chi connectivity index (χ1) is 25.8. The molecule has 2 atom stereocenters. The Morgan fingerprint density at radius 3 is 1.78 bits per heavy atom. The van der Waals surface area contributed by atoms with Gasteiger partial charge in [-0.3, -0.25) is 19.6 Å². The summed E-state index contributed by atoms with van der Waals surface area (Å²) in [6, 6.07) is 19.4. The number of benzene rings is 2. The van der Waals surface area contributed by atoms with Gasteiger partial charge in [0.2, 0.25) is 0 Å². The van der Waals surface area contributed by atoms with Crippen molar-refractivity contribution in [3.8, 4) is 11.5 Å². The zero-order valence-electron chi connectivity index (χ0n) is 31.2. The summed E-state index contributed by atoms with van der Waals surface area (Å²) in [6.45, 7) is 10.5. The van der Waals surface area contributed by atoms with E-state index in [0.29, 0.717) is 26.4 Å². The molecular weight excluding hydrogens is 688 g/mol. The van der Waals surface area contributed by atoms with E-state index in [4.69, 9.17) is 23.7 Å². The Labute approximate surface area is 319 Å². The third kappa shape index (κ3) is 13.2. The fourth-order valence-corrected chi connectivity index (χ4v) is 6.40. The number of piperidine rings is 2. The average Bonchev–Trinajstić information content (AvgIpc) is 4.02. The first-order valence-electron chi connectivity index (χ1n) is 18.8. The van der Waals surface area contributed by atoms with Gasteiger partial charge in [0.15, 0.2) is 0 Å². The number of aliphatic hydroxyl groups excluding tert-OH is 1. The second-order valence-corrected chi connectivity index (χ2v) is 13.5. The van der Waals surface area contributed by atoms with E-state index in [2.05, 4.69) is 26.8 Å². The monoisotopic (exact) mass is 746 g/mol. The number of β-amino-alcohol motifs (C(OH)–C–C–N with tert-alkyl or cyclic N) is 1. The molecule has 0 bridgehead atoms. The molecule has 0 radical (unpaired) electrons. The number of ether oxygens (including phenoxy) is 5. The van der Waals surface area contributed by atoms with E-state index in [9.17, 15) is 14.7 Å². The van der Waals surface area contributed by atoms with Gasteiger partial charge in [0.1, 0.15) is 36.9 Å². The number of fused-ring (bicyclic) bond motifs is 2. The fourth-order valence-electron chi connectivity index (χ4n) is 6.40. The van der Waals surface area contributed by atoms with Crippen LogP contribution in [0.5, 0.6) is 11.5 Å². The number of nitrogens with zero attached hydrogens (tertiary/aromatic N) is 4. The first-order valence-corrected chi connectivity index (χ1v) is 18.8. The summed E-state index contributed by atoms with van der Waals surface area (Å²) < 4.78 is 26.7. The summed E-state index contributed by atoms with van der Waals surface area (Å²) in [5, 5.41) is 12.3.